The minimum atomic E-state index is -3.72. The number of amides is 1. The number of nitrogens with zero attached hydrogens (tertiary/aromatic N) is 2. The predicted molar refractivity (Wildman–Crippen MR) is 98.0 cm³/mol. The number of nitrogens with one attached hydrogen (secondary N) is 1. The van der Waals surface area contributed by atoms with Crippen LogP contribution < -0.4 is 14.2 Å². The number of hydrogen-bond acceptors (Lipinski definition) is 6. The molecule has 26 heavy (non-hydrogen) atoms. The number of carbonyl (C=O) groups excluding carboxylic acids is 1. The van der Waals surface area contributed by atoms with E-state index in [2.05, 4.69) is 16.5 Å². The fourth-order valence-electron chi connectivity index (χ4n) is 2.83. The molecule has 9 heteroatoms. The topological polar surface area (TPSA) is 88.2 Å². The Morgan fingerprint density at radius 3 is 2.35 bits per heavy atom. The normalized spacial score (nSPS) is 15.7. The monoisotopic (exact) mass is 385 g/mol. The van der Waals surface area contributed by atoms with Crippen LogP contribution in [0.2, 0.25) is 0 Å². The number of piperazine rings is 1. The molecule has 8 nitrogen and oxygen atoms in total. The molecule has 1 N–H and O–H groups in total. The molecule has 1 saturated heterocycles. The van der Waals surface area contributed by atoms with Crippen molar-refractivity contribution in [2.24, 2.45) is 0 Å². The van der Waals surface area contributed by atoms with Crippen molar-refractivity contribution in [3.05, 3.63) is 18.2 Å². The summed E-state index contributed by atoms with van der Waals surface area (Å²) in [6.45, 7) is 6.24. The molecular formula is C17H27N3O5S. The number of methoxy groups -OCH3 is 2. The van der Waals surface area contributed by atoms with Crippen LogP contribution in [-0.2, 0) is 14.8 Å². The molecule has 1 aliphatic rings. The second kappa shape index (κ2) is 9.20. The zero-order valence-corrected chi connectivity index (χ0v) is 16.3. The molecule has 1 amide bonds. The molecule has 0 atom stereocenters. The van der Waals surface area contributed by atoms with E-state index < -0.39 is 10.0 Å². The third-order valence-corrected chi connectivity index (χ3v) is 5.93. The first-order valence-electron chi connectivity index (χ1n) is 8.63. The summed E-state index contributed by atoms with van der Waals surface area (Å²) in [4.78, 5) is 16.4. The number of benzene rings is 1. The van der Waals surface area contributed by atoms with E-state index in [9.17, 15) is 13.2 Å². The number of hydrogen-bond donors (Lipinski definition) is 1. The molecule has 0 unspecified atom stereocenters. The molecule has 0 bridgehead atoms. The fourth-order valence-corrected chi connectivity index (χ4v) is 3.88. The molecule has 1 fully saturated rings. The van der Waals surface area contributed by atoms with Gasteiger partial charge in [-0.1, -0.05) is 6.92 Å². The summed E-state index contributed by atoms with van der Waals surface area (Å²) in [5.74, 6) is 0.754. The molecule has 0 aromatic heterocycles. The summed E-state index contributed by atoms with van der Waals surface area (Å²) in [6, 6.07) is 4.37. The van der Waals surface area contributed by atoms with Crippen LogP contribution in [-0.4, -0.2) is 77.6 Å². The second-order valence-corrected chi connectivity index (χ2v) is 7.75. The summed E-state index contributed by atoms with van der Waals surface area (Å²) < 4.78 is 37.5. The van der Waals surface area contributed by atoms with Crippen LogP contribution in [0.3, 0.4) is 0 Å². The summed E-state index contributed by atoms with van der Waals surface area (Å²) in [5, 5.41) is 0. The predicted octanol–water partition coefficient (Wildman–Crippen LogP) is 0.536. The minimum Gasteiger partial charge on any atom is -0.493 e. The molecule has 0 radical (unpaired) electrons. The molecule has 0 saturated carbocycles. The van der Waals surface area contributed by atoms with E-state index in [0.29, 0.717) is 24.6 Å². The van der Waals surface area contributed by atoms with E-state index in [0.717, 1.165) is 19.6 Å². The molecule has 0 aliphatic carbocycles. The lowest BCUT2D eigenvalue weighted by molar-refractivity contribution is -0.132. The average molecular weight is 385 g/mol. The largest absolute Gasteiger partial charge is 0.493 e. The van der Waals surface area contributed by atoms with Crippen LogP contribution in [0.5, 0.6) is 11.5 Å². The first-order valence-corrected chi connectivity index (χ1v) is 10.1. The Kier molecular flexibility index (Phi) is 7.24. The maximum Gasteiger partial charge on any atom is 0.240 e. The fraction of sp³-hybridized carbons (Fsp3) is 0.588. The van der Waals surface area contributed by atoms with E-state index in [-0.39, 0.29) is 23.8 Å². The van der Waals surface area contributed by atoms with Crippen LogP contribution in [0.1, 0.15) is 13.3 Å². The SMILES string of the molecule is CCN1CCN(C(=O)CCNS(=O)(=O)c2ccc(OC)c(OC)c2)CC1. The van der Waals surface area contributed by atoms with Gasteiger partial charge in [0.25, 0.3) is 0 Å². The number of carbonyl (C=O) groups is 1. The quantitative estimate of drug-likeness (QED) is 0.703. The minimum absolute atomic E-state index is 0.0317. The number of likely N-dealkylation sites (N-methyl/N-ethyl adjacent to an activating group) is 1. The van der Waals surface area contributed by atoms with E-state index in [1.807, 2.05) is 0 Å². The van der Waals surface area contributed by atoms with Crippen molar-refractivity contribution in [3.63, 3.8) is 0 Å². The lowest BCUT2D eigenvalue weighted by Crippen LogP contribution is -2.49. The molecule has 0 spiro atoms. The van der Waals surface area contributed by atoms with Crippen LogP contribution in [0.25, 0.3) is 0 Å². The highest BCUT2D eigenvalue weighted by Crippen LogP contribution is 2.29. The van der Waals surface area contributed by atoms with Gasteiger partial charge in [-0.05, 0) is 18.7 Å². The van der Waals surface area contributed by atoms with Gasteiger partial charge in [-0.15, -0.1) is 0 Å². The first-order chi connectivity index (χ1) is 12.4. The smallest absolute Gasteiger partial charge is 0.240 e. The van der Waals surface area contributed by atoms with Crippen molar-refractivity contribution in [2.45, 2.75) is 18.2 Å². The number of ether oxygens (including phenoxy) is 2. The highest BCUT2D eigenvalue weighted by atomic mass is 32.2. The van der Waals surface area contributed by atoms with Gasteiger partial charge in [0.05, 0.1) is 19.1 Å². The van der Waals surface area contributed by atoms with Gasteiger partial charge in [-0.3, -0.25) is 4.79 Å². The van der Waals surface area contributed by atoms with Gasteiger partial charge in [0.2, 0.25) is 15.9 Å². The maximum atomic E-state index is 12.4. The van der Waals surface area contributed by atoms with Gasteiger partial charge in [-0.25, -0.2) is 13.1 Å². The van der Waals surface area contributed by atoms with Crippen molar-refractivity contribution in [1.82, 2.24) is 14.5 Å². The Bertz CT molecular complexity index is 715. The lowest BCUT2D eigenvalue weighted by atomic mass is 10.3. The van der Waals surface area contributed by atoms with Crippen LogP contribution in [0.15, 0.2) is 23.1 Å². The van der Waals surface area contributed by atoms with Crippen molar-refractivity contribution >= 4 is 15.9 Å². The molecule has 1 aromatic rings. The zero-order chi connectivity index (χ0) is 19.2. The summed E-state index contributed by atoms with van der Waals surface area (Å²) >= 11 is 0. The zero-order valence-electron chi connectivity index (χ0n) is 15.5. The van der Waals surface area contributed by atoms with Crippen LogP contribution in [0.4, 0.5) is 0 Å². The molecule has 1 aliphatic heterocycles. The standard InChI is InChI=1S/C17H27N3O5S/c1-4-19-9-11-20(12-10-19)17(21)7-8-18-26(22,23)14-5-6-15(24-2)16(13-14)25-3/h5-6,13,18H,4,7-12H2,1-3H3. The van der Waals surface area contributed by atoms with Crippen molar-refractivity contribution in [2.75, 3.05) is 53.5 Å². The summed E-state index contributed by atoms with van der Waals surface area (Å²) in [6.07, 6.45) is 0.138. The summed E-state index contributed by atoms with van der Waals surface area (Å²) in [5.41, 5.74) is 0. The van der Waals surface area contributed by atoms with E-state index in [1.165, 1.54) is 32.4 Å². The van der Waals surface area contributed by atoms with Gasteiger partial charge in [0.15, 0.2) is 11.5 Å². The maximum absolute atomic E-state index is 12.4. The van der Waals surface area contributed by atoms with Gasteiger partial charge in [0, 0.05) is 45.2 Å². The van der Waals surface area contributed by atoms with Gasteiger partial charge in [-0.2, -0.15) is 0 Å². The highest BCUT2D eigenvalue weighted by molar-refractivity contribution is 7.89. The Morgan fingerprint density at radius 2 is 1.77 bits per heavy atom. The molecular weight excluding hydrogens is 358 g/mol. The van der Waals surface area contributed by atoms with Gasteiger partial charge in [0.1, 0.15) is 0 Å². The Balaban J connectivity index is 1.89. The van der Waals surface area contributed by atoms with E-state index in [4.69, 9.17) is 9.47 Å². The van der Waals surface area contributed by atoms with Crippen molar-refractivity contribution in [3.8, 4) is 11.5 Å². The Morgan fingerprint density at radius 1 is 1.12 bits per heavy atom. The first kappa shape index (κ1) is 20.5. The van der Waals surface area contributed by atoms with Gasteiger partial charge >= 0.3 is 0 Å². The van der Waals surface area contributed by atoms with Crippen LogP contribution in [0, 0.1) is 0 Å². The second-order valence-electron chi connectivity index (χ2n) is 5.98. The highest BCUT2D eigenvalue weighted by Gasteiger charge is 2.21. The number of rotatable bonds is 8. The Labute approximate surface area is 155 Å². The van der Waals surface area contributed by atoms with Gasteiger partial charge < -0.3 is 19.3 Å². The van der Waals surface area contributed by atoms with Crippen molar-refractivity contribution < 1.29 is 22.7 Å². The summed E-state index contributed by atoms with van der Waals surface area (Å²) in [7, 11) is -0.796. The van der Waals surface area contributed by atoms with Crippen LogP contribution >= 0.6 is 0 Å². The average Bonchev–Trinajstić information content (AvgIpc) is 2.67. The van der Waals surface area contributed by atoms with E-state index >= 15 is 0 Å². The third-order valence-electron chi connectivity index (χ3n) is 4.47. The number of sulfonamides is 1. The third kappa shape index (κ3) is 5.09. The van der Waals surface area contributed by atoms with Crippen molar-refractivity contribution in [1.29, 1.82) is 0 Å². The molecule has 1 aromatic carbocycles. The van der Waals surface area contributed by atoms with E-state index in [1.54, 1.807) is 4.90 Å². The Hall–Kier alpha value is -1.84. The molecule has 1 heterocycles. The molecule has 2 rings (SSSR count). The lowest BCUT2D eigenvalue weighted by Gasteiger charge is -2.34. The molecule has 146 valence electrons.